The number of nitrogens with zero attached hydrogens (tertiary/aromatic N) is 2. The summed E-state index contributed by atoms with van der Waals surface area (Å²) in [7, 11) is 0. The van der Waals surface area contributed by atoms with Gasteiger partial charge in [0.15, 0.2) is 0 Å². The van der Waals surface area contributed by atoms with Gasteiger partial charge in [0.1, 0.15) is 0 Å². The van der Waals surface area contributed by atoms with Crippen LogP contribution in [0.1, 0.15) is 98.7 Å². The molecule has 1 heterocycles. The summed E-state index contributed by atoms with van der Waals surface area (Å²) in [4.78, 5) is 53.2. The maximum atomic E-state index is 13.1. The van der Waals surface area contributed by atoms with E-state index in [9.17, 15) is 19.2 Å². The molecule has 12 nitrogen and oxygen atoms in total. The number of carbonyl (C=O) groups excluding carboxylic acids is 4. The fraction of sp³-hybridized carbons (Fsp3) is 0.759. The fourth-order valence-corrected chi connectivity index (χ4v) is 4.48. The van der Waals surface area contributed by atoms with Gasteiger partial charge in [-0.05, 0) is 58.3 Å². The van der Waals surface area contributed by atoms with Crippen LogP contribution in [0.5, 0.6) is 0 Å². The first-order chi connectivity index (χ1) is 19.3. The van der Waals surface area contributed by atoms with Gasteiger partial charge in [0.2, 0.25) is 12.6 Å². The Morgan fingerprint density at radius 1 is 0.902 bits per heavy atom. The van der Waals surface area contributed by atoms with Crippen molar-refractivity contribution in [2.24, 2.45) is 17.8 Å². The summed E-state index contributed by atoms with van der Waals surface area (Å²) >= 11 is 0. The van der Waals surface area contributed by atoms with Gasteiger partial charge in [-0.3, -0.25) is 9.59 Å². The lowest BCUT2D eigenvalue weighted by Gasteiger charge is -2.27. The Bertz CT molecular complexity index is 986. The summed E-state index contributed by atoms with van der Waals surface area (Å²) in [5.41, 5.74) is 0.756. The monoisotopic (exact) mass is 581 g/mol. The molecule has 1 N–H and O–H groups in total. The summed E-state index contributed by atoms with van der Waals surface area (Å²) in [6.45, 7) is 12.1. The molecule has 12 heteroatoms. The van der Waals surface area contributed by atoms with E-state index < -0.39 is 42.7 Å². The zero-order valence-corrected chi connectivity index (χ0v) is 25.4. The lowest BCUT2D eigenvalue weighted by molar-refractivity contribution is -0.174. The highest BCUT2D eigenvalue weighted by Crippen LogP contribution is 2.32. The van der Waals surface area contributed by atoms with Crippen molar-refractivity contribution in [3.8, 4) is 0 Å². The topological polar surface area (TPSA) is 144 Å². The molecule has 2 unspecified atom stereocenters. The summed E-state index contributed by atoms with van der Waals surface area (Å²) in [5, 5.41) is 2.60. The van der Waals surface area contributed by atoms with Crippen LogP contribution in [-0.4, -0.2) is 59.0 Å². The van der Waals surface area contributed by atoms with Crippen LogP contribution in [-0.2, 0) is 39.7 Å². The number of imidazole rings is 1. The molecule has 1 aromatic rings. The van der Waals surface area contributed by atoms with Gasteiger partial charge in [0.25, 0.3) is 0 Å². The Balaban J connectivity index is 1.94. The van der Waals surface area contributed by atoms with Crippen molar-refractivity contribution in [1.29, 1.82) is 0 Å². The molecule has 1 saturated carbocycles. The Morgan fingerprint density at radius 2 is 1.54 bits per heavy atom. The second kappa shape index (κ2) is 16.8. The van der Waals surface area contributed by atoms with Crippen molar-refractivity contribution >= 4 is 24.2 Å². The number of rotatable bonds is 14. The molecule has 3 atom stereocenters. The fourth-order valence-electron chi connectivity index (χ4n) is 4.48. The van der Waals surface area contributed by atoms with Crippen LogP contribution in [0.15, 0.2) is 12.5 Å². The van der Waals surface area contributed by atoms with Crippen molar-refractivity contribution in [1.82, 2.24) is 14.9 Å². The van der Waals surface area contributed by atoms with Crippen LogP contribution in [0.4, 0.5) is 9.59 Å². The standard InChI is InChI=1S/C29H47N3O9/c1-18(2)26(33)38-21(6)40-28(35)30-14-8-9-23(27(34)39-22(7)41-29(36)37-19(3)4)15-24-16-32(17-31-24)25-12-10-20(5)11-13-25/h16-23,25H,8-15H2,1-7H3,(H,30,35)/t20-,21?,22?,23-,25-/m0/s1. The molecule has 1 aliphatic rings. The molecule has 0 aromatic carbocycles. The summed E-state index contributed by atoms with van der Waals surface area (Å²) in [5.74, 6) is -1.22. The highest BCUT2D eigenvalue weighted by Gasteiger charge is 2.26. The van der Waals surface area contributed by atoms with Gasteiger partial charge in [-0.1, -0.05) is 20.8 Å². The normalized spacial score (nSPS) is 19.1. The van der Waals surface area contributed by atoms with Gasteiger partial charge in [0, 0.05) is 39.1 Å². The molecule has 0 bridgehead atoms. The Hall–Kier alpha value is -3.31. The summed E-state index contributed by atoms with van der Waals surface area (Å²) in [6.07, 6.45) is 5.28. The predicted molar refractivity (Wildman–Crippen MR) is 148 cm³/mol. The largest absolute Gasteiger partial charge is 0.511 e. The molecule has 1 amide bonds. The first kappa shape index (κ1) is 33.9. The van der Waals surface area contributed by atoms with E-state index in [0.29, 0.717) is 25.3 Å². The molecular formula is C29H47N3O9. The third-order valence-electron chi connectivity index (χ3n) is 6.75. The van der Waals surface area contributed by atoms with Crippen molar-refractivity contribution in [2.75, 3.05) is 6.54 Å². The number of carbonyl (C=O) groups is 4. The van der Waals surface area contributed by atoms with Gasteiger partial charge in [-0.2, -0.15) is 0 Å². The minimum atomic E-state index is -1.14. The van der Waals surface area contributed by atoms with E-state index in [2.05, 4.69) is 21.8 Å². The van der Waals surface area contributed by atoms with E-state index in [1.807, 2.05) is 12.5 Å². The van der Waals surface area contributed by atoms with Crippen LogP contribution in [0.2, 0.25) is 0 Å². The number of esters is 2. The average Bonchev–Trinajstić information content (AvgIpc) is 3.33. The van der Waals surface area contributed by atoms with E-state index >= 15 is 0 Å². The molecule has 0 aliphatic heterocycles. The van der Waals surface area contributed by atoms with Crippen LogP contribution in [0.3, 0.4) is 0 Å². The molecule has 1 aromatic heterocycles. The Morgan fingerprint density at radius 3 is 2.17 bits per heavy atom. The van der Waals surface area contributed by atoms with Gasteiger partial charge in [0.05, 0.1) is 30.0 Å². The number of hydrogen-bond donors (Lipinski definition) is 1. The van der Waals surface area contributed by atoms with Crippen molar-refractivity contribution in [3.63, 3.8) is 0 Å². The average molecular weight is 582 g/mol. The van der Waals surface area contributed by atoms with E-state index in [4.69, 9.17) is 23.7 Å². The lowest BCUT2D eigenvalue weighted by atomic mass is 9.87. The molecule has 232 valence electrons. The van der Waals surface area contributed by atoms with Gasteiger partial charge in [-0.25, -0.2) is 14.6 Å². The van der Waals surface area contributed by atoms with Crippen molar-refractivity contribution < 1.29 is 42.9 Å². The van der Waals surface area contributed by atoms with Crippen LogP contribution >= 0.6 is 0 Å². The van der Waals surface area contributed by atoms with Crippen LogP contribution < -0.4 is 5.32 Å². The number of hydrogen-bond acceptors (Lipinski definition) is 10. The number of alkyl carbamates (subject to hydrolysis) is 1. The second-order valence-electron chi connectivity index (χ2n) is 11.3. The van der Waals surface area contributed by atoms with Crippen LogP contribution in [0.25, 0.3) is 0 Å². The highest BCUT2D eigenvalue weighted by molar-refractivity contribution is 5.73. The van der Waals surface area contributed by atoms with E-state index in [0.717, 1.165) is 24.5 Å². The molecule has 0 saturated heterocycles. The first-order valence-corrected chi connectivity index (χ1v) is 14.6. The minimum absolute atomic E-state index is 0.217. The molecule has 0 radical (unpaired) electrons. The maximum Gasteiger partial charge on any atom is 0.511 e. The quantitative estimate of drug-likeness (QED) is 0.133. The Kier molecular flexibility index (Phi) is 13.9. The van der Waals surface area contributed by atoms with E-state index in [1.165, 1.54) is 26.7 Å². The SMILES string of the molecule is CC(C)OC(=O)OC(C)OC(=O)[C@@H](CCCNC(=O)OC(C)OC(=O)C(C)C)Cc1cn([C@H]2CC[C@H](C)CC2)cn1. The van der Waals surface area contributed by atoms with Gasteiger partial charge >= 0.3 is 24.2 Å². The molecular weight excluding hydrogens is 534 g/mol. The molecule has 0 spiro atoms. The number of nitrogens with one attached hydrogen (secondary N) is 1. The number of amides is 1. The van der Waals surface area contributed by atoms with E-state index in [-0.39, 0.29) is 18.6 Å². The second-order valence-corrected chi connectivity index (χ2v) is 11.3. The summed E-state index contributed by atoms with van der Waals surface area (Å²) < 4.78 is 27.6. The predicted octanol–water partition coefficient (Wildman–Crippen LogP) is 5.30. The maximum absolute atomic E-state index is 13.1. The number of ether oxygens (including phenoxy) is 5. The third kappa shape index (κ3) is 12.8. The summed E-state index contributed by atoms with van der Waals surface area (Å²) in [6, 6.07) is 0.399. The van der Waals surface area contributed by atoms with Gasteiger partial charge in [-0.15, -0.1) is 0 Å². The molecule has 1 fully saturated rings. The van der Waals surface area contributed by atoms with Crippen molar-refractivity contribution in [2.45, 2.75) is 118 Å². The number of aromatic nitrogens is 2. The van der Waals surface area contributed by atoms with Gasteiger partial charge < -0.3 is 33.6 Å². The highest BCUT2D eigenvalue weighted by atomic mass is 16.8. The smallest absolute Gasteiger partial charge is 0.431 e. The Labute approximate surface area is 242 Å². The lowest BCUT2D eigenvalue weighted by Crippen LogP contribution is -2.32. The zero-order chi connectivity index (χ0) is 30.5. The van der Waals surface area contributed by atoms with Crippen LogP contribution in [0, 0.1) is 17.8 Å². The molecule has 1 aliphatic carbocycles. The van der Waals surface area contributed by atoms with E-state index in [1.54, 1.807) is 27.7 Å². The minimum Gasteiger partial charge on any atom is -0.431 e. The molecule has 2 rings (SSSR count). The zero-order valence-electron chi connectivity index (χ0n) is 25.4. The van der Waals surface area contributed by atoms with Crippen molar-refractivity contribution in [3.05, 3.63) is 18.2 Å². The molecule has 41 heavy (non-hydrogen) atoms. The third-order valence-corrected chi connectivity index (χ3v) is 6.75. The first-order valence-electron chi connectivity index (χ1n) is 14.6.